The number of amides is 1. The Morgan fingerprint density at radius 1 is 0.938 bits per heavy atom. The molecule has 0 fully saturated rings. The third-order valence-electron chi connectivity index (χ3n) is 5.66. The lowest BCUT2D eigenvalue weighted by molar-refractivity contribution is -0.145. The Kier molecular flexibility index (Phi) is 16.1. The van der Waals surface area contributed by atoms with Crippen molar-refractivity contribution in [1.29, 1.82) is 0 Å². The standard InChI is InChI=1S/C26H44N2O4/c1-4-7-8-9-10-14-17-24(32-26(30)27-20-21-28(5-2)6-3)18-19-25(29)31-22-23-15-12-11-13-16-23/h11-13,15-16,24H,4-10,14,17-22H2,1-3H3,(H,27,30). The van der Waals surface area contributed by atoms with E-state index < -0.39 is 6.09 Å². The summed E-state index contributed by atoms with van der Waals surface area (Å²) in [7, 11) is 0. The lowest BCUT2D eigenvalue weighted by Gasteiger charge is -2.20. The van der Waals surface area contributed by atoms with Crippen molar-refractivity contribution in [3.05, 3.63) is 35.9 Å². The van der Waals surface area contributed by atoms with Gasteiger partial charge in [0, 0.05) is 19.5 Å². The zero-order valence-corrected chi connectivity index (χ0v) is 20.4. The second kappa shape index (κ2) is 18.5. The first kappa shape index (κ1) is 28.0. The number of ether oxygens (including phenoxy) is 2. The van der Waals surface area contributed by atoms with Crippen molar-refractivity contribution < 1.29 is 19.1 Å². The number of esters is 1. The number of hydrogen-bond acceptors (Lipinski definition) is 5. The van der Waals surface area contributed by atoms with Gasteiger partial charge in [-0.15, -0.1) is 0 Å². The Hall–Kier alpha value is -2.08. The smallest absolute Gasteiger partial charge is 0.407 e. The Balaban J connectivity index is 2.40. The van der Waals surface area contributed by atoms with Gasteiger partial charge >= 0.3 is 12.1 Å². The fraction of sp³-hybridized carbons (Fsp3) is 0.692. The number of nitrogens with zero attached hydrogens (tertiary/aromatic N) is 1. The lowest BCUT2D eigenvalue weighted by Crippen LogP contribution is -2.36. The van der Waals surface area contributed by atoms with E-state index in [1.54, 1.807) is 0 Å². The summed E-state index contributed by atoms with van der Waals surface area (Å²) in [6.07, 6.45) is 7.93. The monoisotopic (exact) mass is 448 g/mol. The number of unbranched alkanes of at least 4 members (excludes halogenated alkanes) is 5. The fourth-order valence-electron chi connectivity index (χ4n) is 3.55. The zero-order chi connectivity index (χ0) is 23.4. The molecular formula is C26H44N2O4. The molecule has 0 aliphatic carbocycles. The average Bonchev–Trinajstić information content (AvgIpc) is 2.81. The quantitative estimate of drug-likeness (QED) is 0.231. The van der Waals surface area contributed by atoms with Gasteiger partial charge in [0.05, 0.1) is 0 Å². The van der Waals surface area contributed by atoms with Crippen molar-refractivity contribution in [3.63, 3.8) is 0 Å². The molecule has 6 heteroatoms. The number of likely N-dealkylation sites (N-methyl/N-ethyl adjacent to an activating group) is 1. The molecule has 1 aromatic carbocycles. The van der Waals surface area contributed by atoms with E-state index >= 15 is 0 Å². The Morgan fingerprint density at radius 2 is 1.62 bits per heavy atom. The van der Waals surface area contributed by atoms with Crippen molar-refractivity contribution in [2.75, 3.05) is 26.2 Å². The van der Waals surface area contributed by atoms with Crippen LogP contribution in [0.4, 0.5) is 4.79 Å². The van der Waals surface area contributed by atoms with Gasteiger partial charge in [-0.1, -0.05) is 83.2 Å². The minimum Gasteiger partial charge on any atom is -0.461 e. The number of hydrogen-bond donors (Lipinski definition) is 1. The minimum atomic E-state index is -0.397. The van der Waals surface area contributed by atoms with Gasteiger partial charge in [0.15, 0.2) is 0 Å². The Labute approximate surface area is 195 Å². The molecule has 0 heterocycles. The van der Waals surface area contributed by atoms with Crippen LogP contribution in [0.3, 0.4) is 0 Å². The fourth-order valence-corrected chi connectivity index (χ4v) is 3.55. The highest BCUT2D eigenvalue weighted by molar-refractivity contribution is 5.70. The number of alkyl carbamates (subject to hydrolysis) is 1. The maximum Gasteiger partial charge on any atom is 0.407 e. The van der Waals surface area contributed by atoms with E-state index in [0.29, 0.717) is 13.0 Å². The SMILES string of the molecule is CCCCCCCCC(CCC(=O)OCc1ccccc1)OC(=O)NCCN(CC)CC. The summed E-state index contributed by atoms with van der Waals surface area (Å²) in [6.45, 7) is 9.97. The minimum absolute atomic E-state index is 0.250. The summed E-state index contributed by atoms with van der Waals surface area (Å²) in [4.78, 5) is 26.7. The van der Waals surface area contributed by atoms with Crippen LogP contribution in [0.1, 0.15) is 84.1 Å². The molecular weight excluding hydrogens is 404 g/mol. The van der Waals surface area contributed by atoms with Gasteiger partial charge in [-0.3, -0.25) is 4.79 Å². The first-order valence-corrected chi connectivity index (χ1v) is 12.4. The summed E-state index contributed by atoms with van der Waals surface area (Å²) in [5.74, 6) is -0.257. The predicted molar refractivity (Wildman–Crippen MR) is 130 cm³/mol. The maximum atomic E-state index is 12.3. The van der Waals surface area contributed by atoms with E-state index in [2.05, 4.69) is 31.0 Å². The van der Waals surface area contributed by atoms with E-state index in [9.17, 15) is 9.59 Å². The molecule has 182 valence electrons. The molecule has 0 saturated carbocycles. The number of benzene rings is 1. The van der Waals surface area contributed by atoms with Gasteiger partial charge in [0.1, 0.15) is 12.7 Å². The number of carbonyl (C=O) groups excluding carboxylic acids is 2. The molecule has 1 unspecified atom stereocenters. The average molecular weight is 449 g/mol. The molecule has 0 bridgehead atoms. The Bertz CT molecular complexity index is 605. The second-order valence-electron chi connectivity index (χ2n) is 8.22. The summed E-state index contributed by atoms with van der Waals surface area (Å²) in [5.41, 5.74) is 0.966. The molecule has 0 saturated heterocycles. The highest BCUT2D eigenvalue weighted by Crippen LogP contribution is 2.15. The van der Waals surface area contributed by atoms with Crippen LogP contribution in [0.2, 0.25) is 0 Å². The molecule has 1 N–H and O–H groups in total. The van der Waals surface area contributed by atoms with E-state index in [1.807, 2.05) is 30.3 Å². The molecule has 0 aliphatic heterocycles. The van der Waals surface area contributed by atoms with Crippen molar-refractivity contribution in [1.82, 2.24) is 10.2 Å². The molecule has 6 nitrogen and oxygen atoms in total. The first-order valence-electron chi connectivity index (χ1n) is 12.4. The summed E-state index contributed by atoms with van der Waals surface area (Å²) < 4.78 is 11.0. The van der Waals surface area contributed by atoms with E-state index in [1.165, 1.54) is 25.7 Å². The molecule has 0 spiro atoms. The molecule has 1 aromatic rings. The van der Waals surface area contributed by atoms with Crippen LogP contribution in [0.15, 0.2) is 30.3 Å². The molecule has 1 amide bonds. The maximum absolute atomic E-state index is 12.3. The van der Waals surface area contributed by atoms with Crippen LogP contribution in [-0.4, -0.2) is 49.2 Å². The highest BCUT2D eigenvalue weighted by Gasteiger charge is 2.17. The van der Waals surface area contributed by atoms with E-state index in [0.717, 1.165) is 44.5 Å². The van der Waals surface area contributed by atoms with Gasteiger partial charge in [-0.25, -0.2) is 4.79 Å². The lowest BCUT2D eigenvalue weighted by atomic mass is 10.0. The van der Waals surface area contributed by atoms with Gasteiger partial charge in [0.2, 0.25) is 0 Å². The summed E-state index contributed by atoms with van der Waals surface area (Å²) in [6, 6.07) is 9.64. The van der Waals surface area contributed by atoms with Crippen LogP contribution in [0.25, 0.3) is 0 Å². The summed E-state index contributed by atoms with van der Waals surface area (Å²) >= 11 is 0. The molecule has 1 rings (SSSR count). The molecule has 0 radical (unpaired) electrons. The van der Waals surface area contributed by atoms with Crippen molar-refractivity contribution >= 4 is 12.1 Å². The van der Waals surface area contributed by atoms with E-state index in [-0.39, 0.29) is 25.1 Å². The Morgan fingerprint density at radius 3 is 2.31 bits per heavy atom. The number of nitrogens with one attached hydrogen (secondary N) is 1. The van der Waals surface area contributed by atoms with E-state index in [4.69, 9.17) is 9.47 Å². The summed E-state index contributed by atoms with van der Waals surface area (Å²) in [5, 5.41) is 2.85. The first-order chi connectivity index (χ1) is 15.6. The zero-order valence-electron chi connectivity index (χ0n) is 20.4. The predicted octanol–water partition coefficient (Wildman–Crippen LogP) is 5.70. The van der Waals surface area contributed by atoms with Crippen molar-refractivity contribution in [2.45, 2.75) is 91.3 Å². The normalized spacial score (nSPS) is 11.9. The highest BCUT2D eigenvalue weighted by atomic mass is 16.6. The van der Waals surface area contributed by atoms with Crippen LogP contribution in [0.5, 0.6) is 0 Å². The van der Waals surface area contributed by atoms with Crippen molar-refractivity contribution in [2.24, 2.45) is 0 Å². The van der Waals surface area contributed by atoms with Crippen molar-refractivity contribution in [3.8, 4) is 0 Å². The third kappa shape index (κ3) is 14.1. The molecule has 0 aromatic heterocycles. The van der Waals surface area contributed by atoms with Gasteiger partial charge < -0.3 is 19.7 Å². The largest absolute Gasteiger partial charge is 0.461 e. The van der Waals surface area contributed by atoms with Crippen LogP contribution in [-0.2, 0) is 20.9 Å². The van der Waals surface area contributed by atoms with Gasteiger partial charge in [-0.2, -0.15) is 0 Å². The van der Waals surface area contributed by atoms with Crippen LogP contribution < -0.4 is 5.32 Å². The molecule has 32 heavy (non-hydrogen) atoms. The number of carbonyl (C=O) groups is 2. The van der Waals surface area contributed by atoms with Crippen LogP contribution in [0, 0.1) is 0 Å². The molecule has 0 aliphatic rings. The van der Waals surface area contributed by atoms with Gasteiger partial charge in [-0.05, 0) is 37.9 Å². The third-order valence-corrected chi connectivity index (χ3v) is 5.66. The van der Waals surface area contributed by atoms with Gasteiger partial charge in [0.25, 0.3) is 0 Å². The van der Waals surface area contributed by atoms with Crippen LogP contribution >= 0.6 is 0 Å². The second-order valence-corrected chi connectivity index (χ2v) is 8.22. The number of rotatable bonds is 18. The topological polar surface area (TPSA) is 67.9 Å². The molecule has 1 atom stereocenters.